The zero-order valence-corrected chi connectivity index (χ0v) is 14.7. The van der Waals surface area contributed by atoms with E-state index in [4.69, 9.17) is 0 Å². The molecule has 0 bridgehead atoms. The van der Waals surface area contributed by atoms with Crippen molar-refractivity contribution in [1.29, 1.82) is 0 Å². The highest BCUT2D eigenvalue weighted by Crippen LogP contribution is 2.35. The van der Waals surface area contributed by atoms with Crippen LogP contribution in [0.4, 0.5) is 0 Å². The number of unbranched alkanes of at least 4 members (excludes halogenated alkanes) is 1. The number of allylic oxidation sites excluding steroid dienone is 2. The molecule has 0 saturated heterocycles. The Morgan fingerprint density at radius 2 is 1.32 bits per heavy atom. The molecule has 0 heterocycles. The molecule has 0 aromatic heterocycles. The molecule has 22 heavy (non-hydrogen) atoms. The summed E-state index contributed by atoms with van der Waals surface area (Å²) in [4.78, 5) is 11.3. The van der Waals surface area contributed by atoms with Crippen LogP contribution in [-0.2, 0) is 4.79 Å². The fourth-order valence-corrected chi connectivity index (χ4v) is 4.46. The van der Waals surface area contributed by atoms with E-state index in [9.17, 15) is 4.79 Å². The molecule has 0 unspecified atom stereocenters. The fraction of sp³-hybridized carbons (Fsp3) is 0.857. The third-order valence-corrected chi connectivity index (χ3v) is 6.08. The average molecular weight is 305 g/mol. The summed E-state index contributed by atoms with van der Waals surface area (Å²) in [5, 5.41) is 0. The first-order valence-corrected chi connectivity index (χ1v) is 9.90. The van der Waals surface area contributed by atoms with Crippen molar-refractivity contribution in [3.05, 3.63) is 12.2 Å². The molecule has 2 aliphatic carbocycles. The lowest BCUT2D eigenvalue weighted by Crippen LogP contribution is -2.15. The number of carbonyl (C=O) groups is 1. The Morgan fingerprint density at radius 3 is 1.86 bits per heavy atom. The van der Waals surface area contributed by atoms with Crippen LogP contribution in [0.25, 0.3) is 0 Å². The van der Waals surface area contributed by atoms with Crippen LogP contribution in [0.15, 0.2) is 12.2 Å². The Hall–Kier alpha value is -0.590. The maximum Gasteiger partial charge on any atom is 0.132 e. The van der Waals surface area contributed by atoms with Gasteiger partial charge in [-0.1, -0.05) is 63.5 Å². The molecular weight excluding hydrogens is 268 g/mol. The maximum atomic E-state index is 11.3. The first-order valence-electron chi connectivity index (χ1n) is 9.90. The maximum absolute atomic E-state index is 11.3. The highest BCUT2D eigenvalue weighted by atomic mass is 16.1. The average Bonchev–Trinajstić information content (AvgIpc) is 2.55. The molecule has 2 saturated carbocycles. The van der Waals surface area contributed by atoms with Gasteiger partial charge in [0.05, 0.1) is 0 Å². The molecule has 2 aliphatic rings. The molecule has 0 aliphatic heterocycles. The van der Waals surface area contributed by atoms with Crippen molar-refractivity contribution >= 4 is 5.78 Å². The first-order chi connectivity index (χ1) is 10.8. The van der Waals surface area contributed by atoms with E-state index in [0.717, 1.165) is 30.6 Å². The number of carbonyl (C=O) groups excluding carboxylic acids is 1. The van der Waals surface area contributed by atoms with Gasteiger partial charge in [0.1, 0.15) is 5.78 Å². The fourth-order valence-electron chi connectivity index (χ4n) is 4.46. The number of rotatable bonds is 8. The molecule has 0 amide bonds. The van der Waals surface area contributed by atoms with Crippen LogP contribution >= 0.6 is 0 Å². The number of ketones is 1. The van der Waals surface area contributed by atoms with Crippen LogP contribution in [0.5, 0.6) is 0 Å². The van der Waals surface area contributed by atoms with Gasteiger partial charge in [0.15, 0.2) is 0 Å². The Balaban J connectivity index is 1.47. The number of hydrogen-bond donors (Lipinski definition) is 0. The number of Topliss-reactive ketones (excluding diaryl/α,β-unsaturated/α-hetero) is 1. The summed E-state index contributed by atoms with van der Waals surface area (Å²) < 4.78 is 0. The smallest absolute Gasteiger partial charge is 0.132 e. The van der Waals surface area contributed by atoms with Crippen LogP contribution in [-0.4, -0.2) is 5.78 Å². The lowest BCUT2D eigenvalue weighted by Gasteiger charge is -2.28. The Bertz CT molecular complexity index is 326. The minimum Gasteiger partial charge on any atom is -0.300 e. The van der Waals surface area contributed by atoms with E-state index in [-0.39, 0.29) is 0 Å². The molecule has 0 atom stereocenters. The van der Waals surface area contributed by atoms with E-state index < -0.39 is 0 Å². The Kier molecular flexibility index (Phi) is 8.26. The van der Waals surface area contributed by atoms with Gasteiger partial charge in [-0.05, 0) is 50.4 Å². The molecule has 126 valence electrons. The standard InChI is InChI=1S/C21H36O/c1-2-3-4-7-18-10-12-19(13-11-18)8-5-6-9-20-14-16-21(22)17-15-20/h2-3,18-20H,4-17H2,1H3/b3-2+. The second kappa shape index (κ2) is 10.2. The molecular formula is C21H36O. The van der Waals surface area contributed by atoms with E-state index in [2.05, 4.69) is 19.1 Å². The predicted octanol–water partition coefficient (Wildman–Crippen LogP) is 6.47. The van der Waals surface area contributed by atoms with Crippen molar-refractivity contribution in [2.75, 3.05) is 0 Å². The van der Waals surface area contributed by atoms with Gasteiger partial charge in [0.2, 0.25) is 0 Å². The Labute approximate surface area is 137 Å². The monoisotopic (exact) mass is 304 g/mol. The van der Waals surface area contributed by atoms with Gasteiger partial charge in [0, 0.05) is 12.8 Å². The molecule has 0 radical (unpaired) electrons. The van der Waals surface area contributed by atoms with Gasteiger partial charge in [0.25, 0.3) is 0 Å². The predicted molar refractivity (Wildman–Crippen MR) is 94.9 cm³/mol. The molecule has 0 N–H and O–H groups in total. The molecule has 0 spiro atoms. The lowest BCUT2D eigenvalue weighted by atomic mass is 9.77. The summed E-state index contributed by atoms with van der Waals surface area (Å²) in [7, 11) is 0. The van der Waals surface area contributed by atoms with Crippen LogP contribution in [0.1, 0.15) is 96.8 Å². The van der Waals surface area contributed by atoms with Crippen molar-refractivity contribution in [2.24, 2.45) is 17.8 Å². The van der Waals surface area contributed by atoms with Crippen molar-refractivity contribution in [1.82, 2.24) is 0 Å². The van der Waals surface area contributed by atoms with Crippen molar-refractivity contribution < 1.29 is 4.79 Å². The van der Waals surface area contributed by atoms with Gasteiger partial charge >= 0.3 is 0 Å². The van der Waals surface area contributed by atoms with Crippen LogP contribution < -0.4 is 0 Å². The van der Waals surface area contributed by atoms with E-state index in [1.807, 2.05) is 0 Å². The van der Waals surface area contributed by atoms with Crippen molar-refractivity contribution in [2.45, 2.75) is 96.8 Å². The Morgan fingerprint density at radius 1 is 0.818 bits per heavy atom. The van der Waals surface area contributed by atoms with E-state index >= 15 is 0 Å². The van der Waals surface area contributed by atoms with Gasteiger partial charge in [-0.15, -0.1) is 0 Å². The van der Waals surface area contributed by atoms with Gasteiger partial charge in [-0.3, -0.25) is 4.79 Å². The largest absolute Gasteiger partial charge is 0.300 e. The van der Waals surface area contributed by atoms with Crippen molar-refractivity contribution in [3.8, 4) is 0 Å². The second-order valence-electron chi connectivity index (χ2n) is 7.80. The zero-order valence-electron chi connectivity index (χ0n) is 14.7. The minimum atomic E-state index is 0.502. The molecule has 1 nitrogen and oxygen atoms in total. The van der Waals surface area contributed by atoms with E-state index in [1.165, 1.54) is 77.0 Å². The molecule has 2 rings (SSSR count). The van der Waals surface area contributed by atoms with Gasteiger partial charge in [-0.25, -0.2) is 0 Å². The quantitative estimate of drug-likeness (QED) is 0.371. The lowest BCUT2D eigenvalue weighted by molar-refractivity contribution is -0.121. The van der Waals surface area contributed by atoms with Gasteiger partial charge in [-0.2, -0.15) is 0 Å². The summed E-state index contributed by atoms with van der Waals surface area (Å²) in [5.41, 5.74) is 0. The highest BCUT2D eigenvalue weighted by Gasteiger charge is 2.21. The van der Waals surface area contributed by atoms with Crippen LogP contribution in [0, 0.1) is 17.8 Å². The van der Waals surface area contributed by atoms with E-state index in [0.29, 0.717) is 5.78 Å². The third-order valence-electron chi connectivity index (χ3n) is 6.08. The summed E-state index contributed by atoms with van der Waals surface area (Å²) in [6.07, 6.45) is 22.9. The van der Waals surface area contributed by atoms with E-state index in [1.54, 1.807) is 0 Å². The second-order valence-corrected chi connectivity index (χ2v) is 7.80. The van der Waals surface area contributed by atoms with Crippen LogP contribution in [0.3, 0.4) is 0 Å². The third kappa shape index (κ3) is 6.67. The summed E-state index contributed by atoms with van der Waals surface area (Å²) in [6.45, 7) is 2.13. The molecule has 2 fully saturated rings. The molecule has 1 heteroatoms. The van der Waals surface area contributed by atoms with Crippen LogP contribution in [0.2, 0.25) is 0 Å². The minimum absolute atomic E-state index is 0.502. The number of hydrogen-bond acceptors (Lipinski definition) is 1. The molecule has 0 aromatic carbocycles. The van der Waals surface area contributed by atoms with Gasteiger partial charge < -0.3 is 0 Å². The zero-order chi connectivity index (χ0) is 15.6. The summed E-state index contributed by atoms with van der Waals surface area (Å²) >= 11 is 0. The highest BCUT2D eigenvalue weighted by molar-refractivity contribution is 5.78. The first kappa shape index (κ1) is 17.8. The SMILES string of the molecule is C/C=C/CCC1CCC(CCCCC2CCC(=O)CC2)CC1. The van der Waals surface area contributed by atoms with Crippen molar-refractivity contribution in [3.63, 3.8) is 0 Å². The topological polar surface area (TPSA) is 17.1 Å². The summed E-state index contributed by atoms with van der Waals surface area (Å²) in [5.74, 6) is 3.39. The molecule has 0 aromatic rings. The normalized spacial score (nSPS) is 27.6. The summed E-state index contributed by atoms with van der Waals surface area (Å²) in [6, 6.07) is 0.